The number of aromatic nitrogens is 1. The van der Waals surface area contributed by atoms with E-state index < -0.39 is 10.0 Å². The minimum Gasteiger partial charge on any atom is -0.327 e. The van der Waals surface area contributed by atoms with Crippen molar-refractivity contribution in [1.29, 1.82) is 0 Å². The van der Waals surface area contributed by atoms with Gasteiger partial charge in [0.25, 0.3) is 0 Å². The maximum atomic E-state index is 13.1. The normalized spacial score (nSPS) is 22.8. The number of hydrogen-bond donors (Lipinski definition) is 1. The van der Waals surface area contributed by atoms with Crippen LogP contribution in [-0.2, 0) is 10.0 Å². The van der Waals surface area contributed by atoms with Crippen LogP contribution in [0.2, 0.25) is 0 Å². The maximum absolute atomic E-state index is 13.1. The molecule has 22 heavy (non-hydrogen) atoms. The Morgan fingerprint density at radius 2 is 2.05 bits per heavy atom. The zero-order chi connectivity index (χ0) is 16.0. The Morgan fingerprint density at radius 1 is 1.27 bits per heavy atom. The van der Waals surface area contributed by atoms with Crippen LogP contribution >= 0.6 is 0 Å². The van der Waals surface area contributed by atoms with Crippen molar-refractivity contribution in [3.63, 3.8) is 0 Å². The molecule has 1 aliphatic heterocycles. The number of piperidine rings is 1. The lowest BCUT2D eigenvalue weighted by atomic mass is 9.81. The van der Waals surface area contributed by atoms with Crippen LogP contribution in [0.25, 0.3) is 10.9 Å². The van der Waals surface area contributed by atoms with E-state index in [2.05, 4.69) is 4.98 Å². The third kappa shape index (κ3) is 2.51. The van der Waals surface area contributed by atoms with Crippen molar-refractivity contribution >= 4 is 20.9 Å². The summed E-state index contributed by atoms with van der Waals surface area (Å²) in [7, 11) is -3.55. The number of rotatable bonds is 2. The van der Waals surface area contributed by atoms with Crippen LogP contribution in [0.15, 0.2) is 41.4 Å². The third-order valence-electron chi connectivity index (χ3n) is 4.50. The van der Waals surface area contributed by atoms with Crippen LogP contribution in [0.4, 0.5) is 0 Å². The topological polar surface area (TPSA) is 76.3 Å². The van der Waals surface area contributed by atoms with E-state index >= 15 is 0 Å². The Balaban J connectivity index is 2.06. The van der Waals surface area contributed by atoms with Crippen molar-refractivity contribution in [2.75, 3.05) is 13.1 Å². The quantitative estimate of drug-likeness (QED) is 0.918. The highest BCUT2D eigenvalue weighted by Crippen LogP contribution is 2.32. The molecule has 1 aromatic heterocycles. The molecule has 118 valence electrons. The third-order valence-corrected chi connectivity index (χ3v) is 6.40. The number of nitrogens with zero attached hydrogens (tertiary/aromatic N) is 2. The van der Waals surface area contributed by atoms with Gasteiger partial charge in [0.05, 0.1) is 10.4 Å². The van der Waals surface area contributed by atoms with Crippen molar-refractivity contribution in [1.82, 2.24) is 9.29 Å². The molecule has 3 rings (SSSR count). The van der Waals surface area contributed by atoms with Gasteiger partial charge < -0.3 is 5.73 Å². The highest BCUT2D eigenvalue weighted by atomic mass is 32.2. The number of pyridine rings is 1. The molecule has 2 aromatic rings. The van der Waals surface area contributed by atoms with Crippen LogP contribution in [0, 0.1) is 5.41 Å². The summed E-state index contributed by atoms with van der Waals surface area (Å²) >= 11 is 0. The molecule has 0 saturated carbocycles. The fourth-order valence-corrected chi connectivity index (χ4v) is 4.80. The molecule has 1 aromatic carbocycles. The second-order valence-corrected chi connectivity index (χ2v) is 8.45. The summed E-state index contributed by atoms with van der Waals surface area (Å²) in [6.07, 6.45) is 2.34. The highest BCUT2D eigenvalue weighted by Gasteiger charge is 2.39. The standard InChI is InChI=1S/C16H21N3O2S/c1-16(2)11-19(10-8-15(16)17)22(20,21)14-7-3-6-13-12(14)5-4-9-18-13/h3-7,9,15H,8,10-11,17H2,1-2H3. The SMILES string of the molecule is CC1(C)CN(S(=O)(=O)c2cccc3ncccc23)CCC1N. The van der Waals surface area contributed by atoms with Crippen LogP contribution < -0.4 is 5.73 Å². The van der Waals surface area contributed by atoms with E-state index in [4.69, 9.17) is 5.73 Å². The van der Waals surface area contributed by atoms with Crippen LogP contribution in [0.1, 0.15) is 20.3 Å². The Kier molecular flexibility index (Phi) is 3.71. The first kappa shape index (κ1) is 15.4. The summed E-state index contributed by atoms with van der Waals surface area (Å²) in [6, 6.07) is 8.80. The molecule has 0 amide bonds. The minimum atomic E-state index is -3.55. The number of sulfonamides is 1. The summed E-state index contributed by atoms with van der Waals surface area (Å²) in [4.78, 5) is 4.56. The van der Waals surface area contributed by atoms with E-state index in [1.54, 1.807) is 34.8 Å². The molecule has 2 heterocycles. The molecule has 1 saturated heterocycles. The van der Waals surface area contributed by atoms with E-state index in [9.17, 15) is 8.42 Å². The summed E-state index contributed by atoms with van der Waals surface area (Å²) in [6.45, 7) is 4.94. The predicted octanol–water partition coefficient (Wildman–Crippen LogP) is 1.98. The fraction of sp³-hybridized carbons (Fsp3) is 0.438. The molecule has 1 aliphatic rings. The Morgan fingerprint density at radius 3 is 2.77 bits per heavy atom. The van der Waals surface area contributed by atoms with Gasteiger partial charge in [-0.1, -0.05) is 19.9 Å². The van der Waals surface area contributed by atoms with Gasteiger partial charge >= 0.3 is 0 Å². The van der Waals surface area contributed by atoms with Crippen molar-refractivity contribution in [2.45, 2.75) is 31.2 Å². The fourth-order valence-electron chi connectivity index (χ4n) is 2.97. The van der Waals surface area contributed by atoms with Crippen LogP contribution in [0.5, 0.6) is 0 Å². The van der Waals surface area contributed by atoms with Crippen molar-refractivity contribution in [3.05, 3.63) is 36.5 Å². The predicted molar refractivity (Wildman–Crippen MR) is 86.9 cm³/mol. The molecule has 0 radical (unpaired) electrons. The average Bonchev–Trinajstić information content (AvgIpc) is 2.49. The highest BCUT2D eigenvalue weighted by molar-refractivity contribution is 7.89. The van der Waals surface area contributed by atoms with Crippen molar-refractivity contribution in [3.8, 4) is 0 Å². The number of hydrogen-bond acceptors (Lipinski definition) is 4. The Labute approximate surface area is 131 Å². The average molecular weight is 319 g/mol. The first-order valence-electron chi connectivity index (χ1n) is 7.42. The van der Waals surface area contributed by atoms with Crippen LogP contribution in [0.3, 0.4) is 0 Å². The molecular weight excluding hydrogens is 298 g/mol. The van der Waals surface area contributed by atoms with E-state index in [1.165, 1.54) is 0 Å². The Hall–Kier alpha value is -1.50. The van der Waals surface area contributed by atoms with Gasteiger partial charge in [-0.15, -0.1) is 0 Å². The molecule has 0 spiro atoms. The van der Waals surface area contributed by atoms with Crippen LogP contribution in [-0.4, -0.2) is 36.8 Å². The van der Waals surface area contributed by atoms with Gasteiger partial charge in [-0.05, 0) is 36.1 Å². The number of nitrogens with two attached hydrogens (primary N) is 1. The van der Waals surface area contributed by atoms with Crippen molar-refractivity contribution in [2.24, 2.45) is 11.1 Å². The second kappa shape index (κ2) is 5.30. The molecule has 0 aliphatic carbocycles. The van der Waals surface area contributed by atoms with Gasteiger partial charge in [0.15, 0.2) is 0 Å². The molecule has 1 atom stereocenters. The van der Waals surface area contributed by atoms with Gasteiger partial charge in [0.1, 0.15) is 0 Å². The van der Waals surface area contributed by atoms with Gasteiger partial charge in [-0.3, -0.25) is 4.98 Å². The van der Waals surface area contributed by atoms with Gasteiger partial charge in [0, 0.05) is 30.7 Å². The lowest BCUT2D eigenvalue weighted by molar-refractivity contribution is 0.155. The minimum absolute atomic E-state index is 0.0214. The molecule has 2 N–H and O–H groups in total. The summed E-state index contributed by atoms with van der Waals surface area (Å²) < 4.78 is 27.7. The molecular formula is C16H21N3O2S. The van der Waals surface area contributed by atoms with E-state index in [0.29, 0.717) is 35.3 Å². The zero-order valence-electron chi connectivity index (χ0n) is 12.9. The molecule has 0 bridgehead atoms. The molecule has 6 heteroatoms. The van der Waals surface area contributed by atoms with Gasteiger partial charge in [-0.2, -0.15) is 4.31 Å². The molecule has 1 fully saturated rings. The maximum Gasteiger partial charge on any atom is 0.243 e. The van der Waals surface area contributed by atoms with Gasteiger partial charge in [-0.25, -0.2) is 8.42 Å². The first-order valence-corrected chi connectivity index (χ1v) is 8.86. The lowest BCUT2D eigenvalue weighted by Gasteiger charge is -2.41. The van der Waals surface area contributed by atoms with Crippen molar-refractivity contribution < 1.29 is 8.42 Å². The van der Waals surface area contributed by atoms with E-state index in [-0.39, 0.29) is 11.5 Å². The summed E-state index contributed by atoms with van der Waals surface area (Å²) in [5.41, 5.74) is 6.58. The van der Waals surface area contributed by atoms with E-state index in [0.717, 1.165) is 0 Å². The molecule has 5 nitrogen and oxygen atoms in total. The van der Waals surface area contributed by atoms with Gasteiger partial charge in [0.2, 0.25) is 10.0 Å². The first-order chi connectivity index (χ1) is 10.3. The lowest BCUT2D eigenvalue weighted by Crippen LogP contribution is -2.53. The number of fused-ring (bicyclic) bond motifs is 1. The summed E-state index contributed by atoms with van der Waals surface area (Å²) in [5.74, 6) is 0. The zero-order valence-corrected chi connectivity index (χ0v) is 13.7. The largest absolute Gasteiger partial charge is 0.327 e. The summed E-state index contributed by atoms with van der Waals surface area (Å²) in [5, 5.41) is 0.665. The van der Waals surface area contributed by atoms with E-state index in [1.807, 2.05) is 19.9 Å². The molecule has 1 unspecified atom stereocenters. The smallest absolute Gasteiger partial charge is 0.243 e. The number of benzene rings is 1. The monoisotopic (exact) mass is 319 g/mol. The Bertz CT molecular complexity index is 797. The second-order valence-electron chi connectivity index (χ2n) is 6.55.